The highest BCUT2D eigenvalue weighted by atomic mass is 32.2. The van der Waals surface area contributed by atoms with Crippen LogP contribution in [0.5, 0.6) is 0 Å². The van der Waals surface area contributed by atoms with E-state index < -0.39 is 5.82 Å². The molecule has 0 aromatic carbocycles. The third kappa shape index (κ3) is 3.84. The highest BCUT2D eigenvalue weighted by molar-refractivity contribution is 7.99. The number of thiazole rings is 1. The van der Waals surface area contributed by atoms with Gasteiger partial charge in [0.05, 0.1) is 11.9 Å². The van der Waals surface area contributed by atoms with E-state index in [9.17, 15) is 9.18 Å². The Bertz CT molecular complexity index is 675. The molecule has 2 aromatic rings. The minimum atomic E-state index is -0.398. The van der Waals surface area contributed by atoms with E-state index in [4.69, 9.17) is 0 Å². The summed E-state index contributed by atoms with van der Waals surface area (Å²) in [5.41, 5.74) is 1.38. The second kappa shape index (κ2) is 7.19. The van der Waals surface area contributed by atoms with E-state index in [1.165, 1.54) is 17.4 Å². The number of halogens is 1. The molecule has 22 heavy (non-hydrogen) atoms. The molecule has 0 radical (unpaired) electrons. The number of carbonyl (C=O) groups excluding carboxylic acids is 1. The summed E-state index contributed by atoms with van der Waals surface area (Å²) in [5, 5.41) is 1.73. The highest BCUT2D eigenvalue weighted by Crippen LogP contribution is 2.34. The van der Waals surface area contributed by atoms with Crippen molar-refractivity contribution in [1.82, 2.24) is 9.97 Å². The fourth-order valence-electron chi connectivity index (χ4n) is 1.93. The highest BCUT2D eigenvalue weighted by Gasteiger charge is 2.20. The molecule has 7 heteroatoms. The number of pyridine rings is 1. The van der Waals surface area contributed by atoms with Crippen LogP contribution in [0.15, 0.2) is 18.5 Å². The standard InChI is InChI=1S/C15H18FN3OS2/c1-9(21-4)5-13(20)19(3)15-10(2)18-14(22-15)11-6-12(16)8-17-7-11/h6-9H,5H2,1-4H3. The zero-order valence-corrected chi connectivity index (χ0v) is 14.6. The van der Waals surface area contributed by atoms with Gasteiger partial charge in [0.2, 0.25) is 5.91 Å². The van der Waals surface area contributed by atoms with Crippen molar-refractivity contribution in [3.05, 3.63) is 30.0 Å². The van der Waals surface area contributed by atoms with E-state index in [0.29, 0.717) is 17.0 Å². The number of amides is 1. The molecule has 0 bridgehead atoms. The van der Waals surface area contributed by atoms with Crippen LogP contribution in [0.3, 0.4) is 0 Å². The van der Waals surface area contributed by atoms with Crippen molar-refractivity contribution in [3.63, 3.8) is 0 Å². The van der Waals surface area contributed by atoms with Crippen molar-refractivity contribution < 1.29 is 9.18 Å². The van der Waals surface area contributed by atoms with Gasteiger partial charge >= 0.3 is 0 Å². The molecule has 1 atom stereocenters. The van der Waals surface area contributed by atoms with Crippen molar-refractivity contribution in [2.45, 2.75) is 25.5 Å². The maximum Gasteiger partial charge on any atom is 0.228 e. The summed E-state index contributed by atoms with van der Waals surface area (Å²) in [6.45, 7) is 3.88. The first-order chi connectivity index (χ1) is 10.4. The van der Waals surface area contributed by atoms with Crippen molar-refractivity contribution in [3.8, 4) is 10.6 Å². The predicted molar refractivity (Wildman–Crippen MR) is 91.0 cm³/mol. The SMILES string of the molecule is CSC(C)CC(=O)N(C)c1sc(-c2cncc(F)c2)nc1C. The van der Waals surface area contributed by atoms with Crippen LogP contribution in [0.1, 0.15) is 19.0 Å². The maximum absolute atomic E-state index is 13.3. The number of nitrogens with zero attached hydrogens (tertiary/aromatic N) is 3. The van der Waals surface area contributed by atoms with Gasteiger partial charge in [-0.05, 0) is 19.2 Å². The van der Waals surface area contributed by atoms with Crippen molar-refractivity contribution in [2.75, 3.05) is 18.2 Å². The van der Waals surface area contributed by atoms with Gasteiger partial charge in [0, 0.05) is 30.5 Å². The van der Waals surface area contributed by atoms with Gasteiger partial charge in [-0.1, -0.05) is 18.3 Å². The summed E-state index contributed by atoms with van der Waals surface area (Å²) in [5.74, 6) is -0.345. The maximum atomic E-state index is 13.3. The van der Waals surface area contributed by atoms with Gasteiger partial charge in [-0.25, -0.2) is 9.37 Å². The number of thioether (sulfide) groups is 1. The average molecular weight is 339 g/mol. The molecule has 4 nitrogen and oxygen atoms in total. The molecule has 0 N–H and O–H groups in total. The van der Waals surface area contributed by atoms with E-state index in [-0.39, 0.29) is 11.2 Å². The van der Waals surface area contributed by atoms with E-state index in [2.05, 4.69) is 9.97 Å². The second-order valence-corrected chi connectivity index (χ2v) is 7.26. The number of aryl methyl sites for hydroxylation is 1. The smallest absolute Gasteiger partial charge is 0.228 e. The van der Waals surface area contributed by atoms with Gasteiger partial charge in [-0.2, -0.15) is 11.8 Å². The Morgan fingerprint density at radius 2 is 2.23 bits per heavy atom. The fourth-order valence-corrected chi connectivity index (χ4v) is 3.27. The van der Waals surface area contributed by atoms with Crippen LogP contribution < -0.4 is 4.90 Å². The quantitative estimate of drug-likeness (QED) is 0.832. The van der Waals surface area contributed by atoms with Crippen LogP contribution in [0.4, 0.5) is 9.39 Å². The van der Waals surface area contributed by atoms with Gasteiger partial charge in [0.15, 0.2) is 0 Å². The van der Waals surface area contributed by atoms with E-state index in [1.54, 1.807) is 29.9 Å². The molecule has 1 amide bonds. The number of anilines is 1. The molecule has 2 heterocycles. The Morgan fingerprint density at radius 1 is 1.50 bits per heavy atom. The number of carbonyl (C=O) groups is 1. The van der Waals surface area contributed by atoms with Crippen LogP contribution in [0.2, 0.25) is 0 Å². The molecule has 1 unspecified atom stereocenters. The van der Waals surface area contributed by atoms with Gasteiger partial charge in [0.25, 0.3) is 0 Å². The minimum absolute atomic E-state index is 0.0533. The minimum Gasteiger partial charge on any atom is -0.305 e. The normalized spacial score (nSPS) is 12.2. The van der Waals surface area contributed by atoms with Crippen molar-refractivity contribution in [1.29, 1.82) is 0 Å². The Kier molecular flexibility index (Phi) is 5.52. The lowest BCUT2D eigenvalue weighted by Crippen LogP contribution is -2.28. The van der Waals surface area contributed by atoms with E-state index >= 15 is 0 Å². The lowest BCUT2D eigenvalue weighted by molar-refractivity contribution is -0.118. The van der Waals surface area contributed by atoms with Gasteiger partial charge in [-0.15, -0.1) is 0 Å². The van der Waals surface area contributed by atoms with Crippen LogP contribution in [-0.2, 0) is 4.79 Å². The lowest BCUT2D eigenvalue weighted by Gasteiger charge is -2.17. The Hall–Kier alpha value is -1.47. The molecule has 0 aliphatic heterocycles. The van der Waals surface area contributed by atoms with Gasteiger partial charge < -0.3 is 4.90 Å². The first-order valence-corrected chi connectivity index (χ1v) is 8.90. The number of aromatic nitrogens is 2. The number of hydrogen-bond donors (Lipinski definition) is 0. The molecular weight excluding hydrogens is 321 g/mol. The zero-order valence-electron chi connectivity index (χ0n) is 13.0. The zero-order chi connectivity index (χ0) is 16.3. The Labute approximate surface area is 137 Å². The van der Waals surface area contributed by atoms with Crippen LogP contribution in [0.25, 0.3) is 10.6 Å². The molecule has 0 fully saturated rings. The van der Waals surface area contributed by atoms with E-state index in [0.717, 1.165) is 16.9 Å². The second-order valence-electron chi connectivity index (χ2n) is 5.00. The van der Waals surface area contributed by atoms with Crippen LogP contribution in [-0.4, -0.2) is 34.4 Å². The van der Waals surface area contributed by atoms with Crippen molar-refractivity contribution in [2.24, 2.45) is 0 Å². The fraction of sp³-hybridized carbons (Fsp3) is 0.400. The summed E-state index contributed by atoms with van der Waals surface area (Å²) < 4.78 is 13.3. The van der Waals surface area contributed by atoms with Crippen molar-refractivity contribution >= 4 is 34.0 Å². The molecule has 0 saturated carbocycles. The average Bonchev–Trinajstić information content (AvgIpc) is 2.88. The molecule has 118 valence electrons. The Morgan fingerprint density at radius 3 is 2.86 bits per heavy atom. The number of hydrogen-bond acceptors (Lipinski definition) is 5. The molecule has 0 spiro atoms. The molecule has 0 aliphatic rings. The van der Waals surface area contributed by atoms with Crippen LogP contribution >= 0.6 is 23.1 Å². The molecular formula is C15H18FN3OS2. The molecule has 0 saturated heterocycles. The molecule has 0 aliphatic carbocycles. The first kappa shape index (κ1) is 16.9. The summed E-state index contributed by atoms with van der Waals surface area (Å²) in [6.07, 6.45) is 5.20. The van der Waals surface area contributed by atoms with Crippen LogP contribution in [0, 0.1) is 12.7 Å². The van der Waals surface area contributed by atoms with Gasteiger partial charge in [0.1, 0.15) is 15.8 Å². The summed E-state index contributed by atoms with van der Waals surface area (Å²) in [7, 11) is 1.75. The summed E-state index contributed by atoms with van der Waals surface area (Å²) in [6, 6.07) is 1.40. The number of rotatable bonds is 5. The topological polar surface area (TPSA) is 46.1 Å². The first-order valence-electron chi connectivity index (χ1n) is 6.80. The third-order valence-electron chi connectivity index (χ3n) is 3.27. The summed E-state index contributed by atoms with van der Waals surface area (Å²) >= 11 is 3.04. The third-order valence-corrected chi connectivity index (χ3v) is 5.52. The monoisotopic (exact) mass is 339 g/mol. The summed E-state index contributed by atoms with van der Waals surface area (Å²) in [4.78, 5) is 22.2. The predicted octanol–water partition coefficient (Wildman–Crippen LogP) is 3.76. The molecule has 2 rings (SSSR count). The Balaban J connectivity index is 2.24. The van der Waals surface area contributed by atoms with Gasteiger partial charge in [-0.3, -0.25) is 9.78 Å². The molecule has 2 aromatic heterocycles. The lowest BCUT2D eigenvalue weighted by atomic mass is 10.3. The largest absolute Gasteiger partial charge is 0.305 e. The van der Waals surface area contributed by atoms with E-state index in [1.807, 2.05) is 20.1 Å².